The molecule has 8 nitrogen and oxygen atoms in total. The molecular weight excluding hydrogens is 374 g/mol. The van der Waals surface area contributed by atoms with Gasteiger partial charge in [-0.15, -0.1) is 0 Å². The molecule has 0 aliphatic rings. The van der Waals surface area contributed by atoms with Gasteiger partial charge in [0.25, 0.3) is 0 Å². The Morgan fingerprint density at radius 2 is 1.52 bits per heavy atom. The van der Waals surface area contributed by atoms with Gasteiger partial charge in [-0.2, -0.15) is 0 Å². The van der Waals surface area contributed by atoms with Gasteiger partial charge in [0.2, 0.25) is 5.91 Å². The number of benzene rings is 1. The lowest BCUT2D eigenvalue weighted by molar-refractivity contribution is -0.139. The molecule has 0 fully saturated rings. The number of imide groups is 1. The number of rotatable bonds is 7. The number of aromatic hydroxyl groups is 1. The Bertz CT molecular complexity index is 703. The van der Waals surface area contributed by atoms with Crippen molar-refractivity contribution in [2.75, 3.05) is 0 Å². The molecule has 0 spiro atoms. The summed E-state index contributed by atoms with van der Waals surface area (Å²) < 4.78 is 0. The number of hydrogen-bond acceptors (Lipinski definition) is 5. The number of nitrogens with zero attached hydrogens (tertiary/aromatic N) is 1. The Morgan fingerprint density at radius 3 is 1.97 bits per heavy atom. The normalized spacial score (nSPS) is 13.1. The zero-order valence-electron chi connectivity index (χ0n) is 18.1. The molecule has 3 amide bonds. The highest BCUT2D eigenvalue weighted by Gasteiger charge is 2.40. The second kappa shape index (κ2) is 9.73. The molecule has 0 aliphatic heterocycles. The van der Waals surface area contributed by atoms with Gasteiger partial charge >= 0.3 is 12.0 Å². The first-order valence-corrected chi connectivity index (χ1v) is 9.59. The van der Waals surface area contributed by atoms with Gasteiger partial charge in [-0.3, -0.25) is 19.8 Å². The standard InChI is InChI=1S/C21H33N3O5/c1-20(2,3)24(21(4,5)6)16(11-12-17(26)27)18(28)23-19(29)22-13-14-7-9-15(25)10-8-14/h7-10,16,25H,11-13H2,1-6H3,(H,26,27)(H2,22,23,28,29)/t16-/m0/s1. The Balaban J connectivity index is 2.90. The number of amides is 3. The summed E-state index contributed by atoms with van der Waals surface area (Å²) in [4.78, 5) is 38.2. The van der Waals surface area contributed by atoms with Crippen LogP contribution in [-0.2, 0) is 16.1 Å². The molecule has 8 heteroatoms. The van der Waals surface area contributed by atoms with E-state index >= 15 is 0 Å². The van der Waals surface area contributed by atoms with Crippen molar-refractivity contribution in [2.24, 2.45) is 0 Å². The number of carboxylic acid groups (broad SMARTS) is 1. The molecule has 0 unspecified atom stereocenters. The molecule has 162 valence electrons. The van der Waals surface area contributed by atoms with Crippen LogP contribution < -0.4 is 10.6 Å². The molecule has 0 saturated heterocycles. The van der Waals surface area contributed by atoms with Gasteiger partial charge in [0.05, 0.1) is 6.04 Å². The molecule has 4 N–H and O–H groups in total. The predicted octanol–water partition coefficient (Wildman–Crippen LogP) is 2.85. The number of carboxylic acids is 1. The number of aliphatic carboxylic acids is 1. The number of carbonyl (C=O) groups is 3. The summed E-state index contributed by atoms with van der Waals surface area (Å²) in [5.41, 5.74) is -0.0958. The Labute approximate surface area is 172 Å². The van der Waals surface area contributed by atoms with Crippen LogP contribution in [-0.4, -0.2) is 50.1 Å². The fraction of sp³-hybridized carbons (Fsp3) is 0.571. The van der Waals surface area contributed by atoms with E-state index in [1.165, 1.54) is 12.1 Å². The van der Waals surface area contributed by atoms with E-state index in [1.54, 1.807) is 12.1 Å². The van der Waals surface area contributed by atoms with Crippen LogP contribution in [0.15, 0.2) is 24.3 Å². The first kappa shape index (κ1) is 24.4. The minimum atomic E-state index is -0.998. The Hall–Kier alpha value is -2.61. The van der Waals surface area contributed by atoms with Crippen molar-refractivity contribution in [3.63, 3.8) is 0 Å². The molecule has 1 aromatic carbocycles. The lowest BCUT2D eigenvalue weighted by Crippen LogP contribution is -2.62. The lowest BCUT2D eigenvalue weighted by atomic mass is 9.91. The van der Waals surface area contributed by atoms with Crippen LogP contribution >= 0.6 is 0 Å². The molecule has 0 aromatic heterocycles. The van der Waals surface area contributed by atoms with E-state index < -0.39 is 35.0 Å². The van der Waals surface area contributed by atoms with Gasteiger partial charge < -0.3 is 15.5 Å². The van der Waals surface area contributed by atoms with Gasteiger partial charge in [0, 0.05) is 24.0 Å². The average molecular weight is 408 g/mol. The SMILES string of the molecule is CC(C)(C)N([C@@H](CCC(=O)O)C(=O)NC(=O)NCc1ccc(O)cc1)C(C)(C)C. The third-order valence-corrected chi connectivity index (χ3v) is 4.32. The van der Waals surface area contributed by atoms with Crippen LogP contribution in [0.3, 0.4) is 0 Å². The van der Waals surface area contributed by atoms with Crippen molar-refractivity contribution in [3.8, 4) is 5.75 Å². The van der Waals surface area contributed by atoms with Crippen molar-refractivity contribution >= 4 is 17.9 Å². The summed E-state index contributed by atoms with van der Waals surface area (Å²) in [6, 6.07) is 4.89. The van der Waals surface area contributed by atoms with Crippen LogP contribution in [0.4, 0.5) is 4.79 Å². The number of phenolic OH excluding ortho intramolecular Hbond substituents is 1. The van der Waals surface area contributed by atoms with Gasteiger partial charge in [-0.25, -0.2) is 4.79 Å². The maximum absolute atomic E-state index is 12.9. The quantitative estimate of drug-likeness (QED) is 0.552. The zero-order chi connectivity index (χ0) is 22.4. The highest BCUT2D eigenvalue weighted by Crippen LogP contribution is 2.29. The van der Waals surface area contributed by atoms with E-state index in [0.29, 0.717) is 0 Å². The summed E-state index contributed by atoms with van der Waals surface area (Å²) in [7, 11) is 0. The van der Waals surface area contributed by atoms with Crippen LogP contribution in [0.25, 0.3) is 0 Å². The largest absolute Gasteiger partial charge is 0.508 e. The first-order valence-electron chi connectivity index (χ1n) is 9.59. The molecule has 29 heavy (non-hydrogen) atoms. The number of phenols is 1. The lowest BCUT2D eigenvalue weighted by Gasteiger charge is -2.49. The number of hydrogen-bond donors (Lipinski definition) is 4. The van der Waals surface area contributed by atoms with E-state index in [4.69, 9.17) is 5.11 Å². The van der Waals surface area contributed by atoms with Crippen LogP contribution in [0, 0.1) is 0 Å². The summed E-state index contributed by atoms with van der Waals surface area (Å²) in [5, 5.41) is 23.3. The summed E-state index contributed by atoms with van der Waals surface area (Å²) in [6.07, 6.45) is -0.100. The maximum atomic E-state index is 12.9. The maximum Gasteiger partial charge on any atom is 0.321 e. The van der Waals surface area contributed by atoms with E-state index in [1.807, 2.05) is 46.4 Å². The topological polar surface area (TPSA) is 119 Å². The van der Waals surface area contributed by atoms with Gasteiger partial charge in [-0.05, 0) is 65.7 Å². The monoisotopic (exact) mass is 407 g/mol. The fourth-order valence-electron chi connectivity index (χ4n) is 3.61. The number of carbonyl (C=O) groups excluding carboxylic acids is 2. The molecule has 0 heterocycles. The second-order valence-corrected chi connectivity index (χ2v) is 9.00. The number of urea groups is 1. The van der Waals surface area contributed by atoms with Gasteiger partial charge in [0.1, 0.15) is 5.75 Å². The van der Waals surface area contributed by atoms with Crippen molar-refractivity contribution in [2.45, 2.75) is 78.0 Å². The van der Waals surface area contributed by atoms with Crippen LogP contribution in [0.2, 0.25) is 0 Å². The number of nitrogens with one attached hydrogen (secondary N) is 2. The molecule has 0 aliphatic carbocycles. The summed E-state index contributed by atoms with van der Waals surface area (Å²) in [6.45, 7) is 11.9. The van der Waals surface area contributed by atoms with Crippen molar-refractivity contribution in [1.82, 2.24) is 15.5 Å². The molecule has 1 atom stereocenters. The van der Waals surface area contributed by atoms with Crippen LogP contribution in [0.5, 0.6) is 5.75 Å². The molecule has 0 saturated carbocycles. The molecule has 0 bridgehead atoms. The van der Waals surface area contributed by atoms with E-state index in [-0.39, 0.29) is 25.1 Å². The highest BCUT2D eigenvalue weighted by atomic mass is 16.4. The van der Waals surface area contributed by atoms with Crippen molar-refractivity contribution in [3.05, 3.63) is 29.8 Å². The molecule has 1 aromatic rings. The minimum Gasteiger partial charge on any atom is -0.508 e. The van der Waals surface area contributed by atoms with Gasteiger partial charge in [-0.1, -0.05) is 12.1 Å². The molecule has 1 rings (SSSR count). The Morgan fingerprint density at radius 1 is 1.00 bits per heavy atom. The predicted molar refractivity (Wildman–Crippen MR) is 110 cm³/mol. The van der Waals surface area contributed by atoms with Crippen molar-refractivity contribution < 1.29 is 24.6 Å². The Kier molecular flexibility index (Phi) is 8.20. The van der Waals surface area contributed by atoms with E-state index in [2.05, 4.69) is 10.6 Å². The van der Waals surface area contributed by atoms with Crippen molar-refractivity contribution in [1.29, 1.82) is 0 Å². The van der Waals surface area contributed by atoms with Crippen LogP contribution in [0.1, 0.15) is 59.9 Å². The zero-order valence-corrected chi connectivity index (χ0v) is 18.1. The fourth-order valence-corrected chi connectivity index (χ4v) is 3.61. The smallest absolute Gasteiger partial charge is 0.321 e. The van der Waals surface area contributed by atoms with E-state index in [0.717, 1.165) is 5.56 Å². The molecular formula is C21H33N3O5. The van der Waals surface area contributed by atoms with E-state index in [9.17, 15) is 19.5 Å². The highest BCUT2D eigenvalue weighted by molar-refractivity contribution is 5.97. The average Bonchev–Trinajstić information content (AvgIpc) is 2.55. The second-order valence-electron chi connectivity index (χ2n) is 9.00. The minimum absolute atomic E-state index is 0.0843. The third-order valence-electron chi connectivity index (χ3n) is 4.32. The molecule has 0 radical (unpaired) electrons. The summed E-state index contributed by atoms with van der Waals surface area (Å²) >= 11 is 0. The van der Waals surface area contributed by atoms with Gasteiger partial charge in [0.15, 0.2) is 0 Å². The third kappa shape index (κ3) is 8.11. The first-order chi connectivity index (χ1) is 13.2. The summed E-state index contributed by atoms with van der Waals surface area (Å²) in [5.74, 6) is -1.42.